The molecule has 1 heterocycles. The van der Waals surface area contributed by atoms with Gasteiger partial charge < -0.3 is 14.8 Å². The molecule has 0 saturated heterocycles. The zero-order valence-corrected chi connectivity index (χ0v) is 16.3. The van der Waals surface area contributed by atoms with Crippen LogP contribution in [0.15, 0.2) is 28.5 Å². The van der Waals surface area contributed by atoms with Crippen LogP contribution in [-0.2, 0) is 10.0 Å². The van der Waals surface area contributed by atoms with Gasteiger partial charge in [0.05, 0.1) is 14.2 Å². The van der Waals surface area contributed by atoms with Crippen LogP contribution in [0.2, 0.25) is 0 Å². The summed E-state index contributed by atoms with van der Waals surface area (Å²) in [5.41, 5.74) is 1.30. The van der Waals surface area contributed by atoms with Crippen molar-refractivity contribution in [2.75, 3.05) is 19.5 Å². The molecule has 1 aromatic heterocycles. The lowest BCUT2D eigenvalue weighted by molar-refractivity contribution is 0.102. The second kappa shape index (κ2) is 7.26. The van der Waals surface area contributed by atoms with Gasteiger partial charge in [0.2, 0.25) is 10.0 Å². The monoisotopic (exact) mass is 396 g/mol. The van der Waals surface area contributed by atoms with Gasteiger partial charge in [-0.3, -0.25) is 4.79 Å². The number of sulfonamides is 1. The number of benzene rings is 1. The first-order valence-corrected chi connectivity index (χ1v) is 10.4. The minimum atomic E-state index is -3.70. The third-order valence-electron chi connectivity index (χ3n) is 4.00. The van der Waals surface area contributed by atoms with E-state index in [0.717, 1.165) is 29.7 Å². The number of carbonyl (C=O) groups excluding carboxylic acids is 1. The van der Waals surface area contributed by atoms with Crippen LogP contribution < -0.4 is 19.5 Å². The third kappa shape index (κ3) is 3.84. The number of aryl methyl sites for hydroxylation is 1. The second-order valence-electron chi connectivity index (χ2n) is 5.99. The lowest BCUT2D eigenvalue weighted by Crippen LogP contribution is -2.27. The standard InChI is InChI=1S/C17H20N2O5S2/c1-10-8-13(23-2)14(24-3)9-12(10)18-17(20)16-15(6-7-25-16)26(21,22)19-11-4-5-11/h6-9,11,19H,4-5H2,1-3H3,(H,18,20). The molecule has 0 atom stereocenters. The number of carbonyl (C=O) groups is 1. The Kier molecular flexibility index (Phi) is 5.22. The predicted molar refractivity (Wildman–Crippen MR) is 99.9 cm³/mol. The predicted octanol–water partition coefficient (Wildman–Crippen LogP) is 2.77. The number of methoxy groups -OCH3 is 2. The number of hydrogen-bond acceptors (Lipinski definition) is 6. The Hall–Kier alpha value is -2.10. The largest absolute Gasteiger partial charge is 0.493 e. The Balaban J connectivity index is 1.87. The maximum atomic E-state index is 12.7. The number of anilines is 1. The maximum absolute atomic E-state index is 12.7. The zero-order valence-electron chi connectivity index (χ0n) is 14.7. The Bertz CT molecular complexity index is 933. The van der Waals surface area contributed by atoms with Gasteiger partial charge in [0.1, 0.15) is 9.77 Å². The van der Waals surface area contributed by atoms with E-state index in [1.807, 2.05) is 6.92 Å². The van der Waals surface area contributed by atoms with Crippen LogP contribution in [0.4, 0.5) is 5.69 Å². The van der Waals surface area contributed by atoms with Crippen LogP contribution in [0, 0.1) is 6.92 Å². The van der Waals surface area contributed by atoms with Gasteiger partial charge in [0.15, 0.2) is 11.5 Å². The number of thiophene rings is 1. The van der Waals surface area contributed by atoms with Crippen molar-refractivity contribution in [3.8, 4) is 11.5 Å². The molecule has 1 fully saturated rings. The Morgan fingerprint density at radius 1 is 1.19 bits per heavy atom. The van der Waals surface area contributed by atoms with Crippen LogP contribution in [0.3, 0.4) is 0 Å². The molecule has 1 saturated carbocycles. The molecule has 26 heavy (non-hydrogen) atoms. The SMILES string of the molecule is COc1cc(C)c(NC(=O)c2sccc2S(=O)(=O)NC2CC2)cc1OC. The van der Waals surface area contributed by atoms with E-state index >= 15 is 0 Å². The molecule has 0 unspecified atom stereocenters. The van der Waals surface area contributed by atoms with Crippen molar-refractivity contribution in [3.63, 3.8) is 0 Å². The van der Waals surface area contributed by atoms with E-state index in [1.165, 1.54) is 20.3 Å². The number of rotatable bonds is 7. The minimum Gasteiger partial charge on any atom is -0.493 e. The molecule has 0 aliphatic heterocycles. The van der Waals surface area contributed by atoms with Crippen LogP contribution in [0.25, 0.3) is 0 Å². The van der Waals surface area contributed by atoms with E-state index < -0.39 is 15.9 Å². The first-order valence-electron chi connectivity index (χ1n) is 7.99. The van der Waals surface area contributed by atoms with E-state index in [9.17, 15) is 13.2 Å². The van der Waals surface area contributed by atoms with Crippen molar-refractivity contribution in [2.24, 2.45) is 0 Å². The van der Waals surface area contributed by atoms with Crippen LogP contribution in [-0.4, -0.2) is 34.6 Å². The highest BCUT2D eigenvalue weighted by Gasteiger charge is 2.31. The molecular formula is C17H20N2O5S2. The van der Waals surface area contributed by atoms with Crippen molar-refractivity contribution in [2.45, 2.75) is 30.7 Å². The topological polar surface area (TPSA) is 93.7 Å². The molecular weight excluding hydrogens is 376 g/mol. The summed E-state index contributed by atoms with van der Waals surface area (Å²) in [5.74, 6) is 0.547. The van der Waals surface area contributed by atoms with Gasteiger partial charge in [-0.1, -0.05) is 0 Å². The number of ether oxygens (including phenoxy) is 2. The van der Waals surface area contributed by atoms with Crippen molar-refractivity contribution in [1.82, 2.24) is 4.72 Å². The summed E-state index contributed by atoms with van der Waals surface area (Å²) in [7, 11) is -0.661. The molecule has 1 amide bonds. The van der Waals surface area contributed by atoms with Gasteiger partial charge in [-0.2, -0.15) is 0 Å². The Labute approximate surface area is 156 Å². The van der Waals surface area contributed by atoms with Gasteiger partial charge in [-0.15, -0.1) is 11.3 Å². The van der Waals surface area contributed by atoms with Crippen molar-refractivity contribution in [3.05, 3.63) is 34.0 Å². The smallest absolute Gasteiger partial charge is 0.267 e. The molecule has 9 heteroatoms. The Morgan fingerprint density at radius 2 is 1.85 bits per heavy atom. The molecule has 0 radical (unpaired) electrons. The van der Waals surface area contributed by atoms with Gasteiger partial charge in [0.25, 0.3) is 5.91 Å². The molecule has 0 spiro atoms. The summed E-state index contributed by atoms with van der Waals surface area (Å²) < 4.78 is 38.0. The molecule has 1 aliphatic carbocycles. The average Bonchev–Trinajstić information content (AvgIpc) is 3.25. The fraction of sp³-hybridized carbons (Fsp3) is 0.353. The fourth-order valence-electron chi connectivity index (χ4n) is 2.45. The summed E-state index contributed by atoms with van der Waals surface area (Å²) in [6.45, 7) is 1.82. The van der Waals surface area contributed by atoms with E-state index in [1.54, 1.807) is 17.5 Å². The third-order valence-corrected chi connectivity index (χ3v) is 6.61. The van der Waals surface area contributed by atoms with E-state index in [4.69, 9.17) is 9.47 Å². The summed E-state index contributed by atoms with van der Waals surface area (Å²) in [5, 5.41) is 4.36. The normalized spacial score (nSPS) is 14.1. The van der Waals surface area contributed by atoms with Gasteiger partial charge >= 0.3 is 0 Å². The molecule has 1 aliphatic rings. The highest BCUT2D eigenvalue weighted by molar-refractivity contribution is 7.89. The quantitative estimate of drug-likeness (QED) is 0.751. The summed E-state index contributed by atoms with van der Waals surface area (Å²) in [6, 6.07) is 4.82. The molecule has 140 valence electrons. The lowest BCUT2D eigenvalue weighted by Gasteiger charge is -2.14. The second-order valence-corrected chi connectivity index (χ2v) is 8.58. The fourth-order valence-corrected chi connectivity index (χ4v) is 5.08. The van der Waals surface area contributed by atoms with Crippen LogP contribution in [0.1, 0.15) is 28.1 Å². The molecule has 0 bridgehead atoms. The highest BCUT2D eigenvalue weighted by atomic mass is 32.2. The zero-order chi connectivity index (χ0) is 18.9. The molecule has 2 aromatic rings. The molecule has 1 aromatic carbocycles. The summed E-state index contributed by atoms with van der Waals surface area (Å²) in [6.07, 6.45) is 1.66. The van der Waals surface area contributed by atoms with E-state index in [-0.39, 0.29) is 15.8 Å². The summed E-state index contributed by atoms with van der Waals surface area (Å²) in [4.78, 5) is 12.8. The van der Waals surface area contributed by atoms with Crippen LogP contribution in [0.5, 0.6) is 11.5 Å². The molecule has 3 rings (SSSR count). The number of hydrogen-bond donors (Lipinski definition) is 2. The first-order chi connectivity index (χ1) is 12.4. The molecule has 2 N–H and O–H groups in total. The maximum Gasteiger partial charge on any atom is 0.267 e. The van der Waals surface area contributed by atoms with Gasteiger partial charge in [0, 0.05) is 17.8 Å². The minimum absolute atomic E-state index is 0.00466. The van der Waals surface area contributed by atoms with E-state index in [0.29, 0.717) is 17.2 Å². The first kappa shape index (κ1) is 18.7. The van der Waals surface area contributed by atoms with E-state index in [2.05, 4.69) is 10.0 Å². The van der Waals surface area contributed by atoms with Gasteiger partial charge in [-0.25, -0.2) is 13.1 Å². The average molecular weight is 396 g/mol. The number of amides is 1. The van der Waals surface area contributed by atoms with Crippen molar-refractivity contribution >= 4 is 33.0 Å². The van der Waals surface area contributed by atoms with Crippen LogP contribution >= 0.6 is 11.3 Å². The lowest BCUT2D eigenvalue weighted by atomic mass is 10.1. The summed E-state index contributed by atoms with van der Waals surface area (Å²) >= 11 is 1.09. The van der Waals surface area contributed by atoms with Crippen molar-refractivity contribution < 1.29 is 22.7 Å². The molecule has 7 nitrogen and oxygen atoms in total. The number of nitrogens with one attached hydrogen (secondary N) is 2. The Morgan fingerprint density at radius 3 is 2.46 bits per heavy atom. The highest BCUT2D eigenvalue weighted by Crippen LogP contribution is 2.34. The van der Waals surface area contributed by atoms with Gasteiger partial charge in [-0.05, 0) is 42.8 Å². The van der Waals surface area contributed by atoms with Crippen molar-refractivity contribution in [1.29, 1.82) is 0 Å².